The smallest absolute Gasteiger partial charge is 0.0615 e. The first-order valence-electron chi connectivity index (χ1n) is 6.27. The van der Waals surface area contributed by atoms with Crippen LogP contribution in [0.2, 0.25) is 0 Å². The molecule has 0 spiro atoms. The van der Waals surface area contributed by atoms with E-state index in [2.05, 4.69) is 42.6 Å². The van der Waals surface area contributed by atoms with Gasteiger partial charge < -0.3 is 10.1 Å². The molecular weight excluding hydrogens is 230 g/mol. The van der Waals surface area contributed by atoms with Crippen molar-refractivity contribution in [3.63, 3.8) is 0 Å². The number of likely N-dealkylation sites (N-methyl/N-ethyl adjacent to an activating group) is 1. The molecule has 0 saturated heterocycles. The molecule has 0 aromatic heterocycles. The summed E-state index contributed by atoms with van der Waals surface area (Å²) >= 11 is 1.93. The van der Waals surface area contributed by atoms with Crippen LogP contribution in [0.15, 0.2) is 35.2 Å². The predicted molar refractivity (Wildman–Crippen MR) is 75.7 cm³/mol. The van der Waals surface area contributed by atoms with Crippen molar-refractivity contribution in [3.8, 4) is 0 Å². The van der Waals surface area contributed by atoms with Crippen molar-refractivity contribution in [2.24, 2.45) is 0 Å². The van der Waals surface area contributed by atoms with Gasteiger partial charge in [0.05, 0.1) is 6.61 Å². The fraction of sp³-hybridized carbons (Fsp3) is 0.571. The molecule has 0 aliphatic rings. The molecule has 1 N–H and O–H groups in total. The first-order chi connectivity index (χ1) is 8.36. The molecule has 0 fully saturated rings. The van der Waals surface area contributed by atoms with Gasteiger partial charge in [0, 0.05) is 18.0 Å². The molecule has 17 heavy (non-hydrogen) atoms. The highest BCUT2D eigenvalue weighted by Crippen LogP contribution is 2.18. The topological polar surface area (TPSA) is 21.3 Å². The number of methoxy groups -OCH3 is 1. The van der Waals surface area contributed by atoms with E-state index in [1.54, 1.807) is 7.11 Å². The maximum Gasteiger partial charge on any atom is 0.0615 e. The van der Waals surface area contributed by atoms with Crippen LogP contribution in [0.1, 0.15) is 19.8 Å². The zero-order valence-corrected chi connectivity index (χ0v) is 11.6. The number of hydrogen-bond donors (Lipinski definition) is 1. The van der Waals surface area contributed by atoms with Crippen molar-refractivity contribution in [1.29, 1.82) is 0 Å². The zero-order chi connectivity index (χ0) is 12.3. The molecule has 1 rings (SSSR count). The average Bonchev–Trinajstić information content (AvgIpc) is 2.36. The highest BCUT2D eigenvalue weighted by atomic mass is 32.2. The maximum absolute atomic E-state index is 5.20. The van der Waals surface area contributed by atoms with Crippen LogP contribution in [0.25, 0.3) is 0 Å². The van der Waals surface area contributed by atoms with Crippen LogP contribution in [-0.2, 0) is 4.74 Å². The fourth-order valence-corrected chi connectivity index (χ4v) is 2.67. The molecule has 1 aromatic rings. The molecule has 1 atom stereocenters. The van der Waals surface area contributed by atoms with E-state index in [0.717, 1.165) is 13.2 Å². The Morgan fingerprint density at radius 1 is 1.29 bits per heavy atom. The van der Waals surface area contributed by atoms with Gasteiger partial charge in [0.25, 0.3) is 0 Å². The Hall–Kier alpha value is -0.510. The lowest BCUT2D eigenvalue weighted by Crippen LogP contribution is -2.33. The van der Waals surface area contributed by atoms with Crippen LogP contribution in [0.5, 0.6) is 0 Å². The van der Waals surface area contributed by atoms with Gasteiger partial charge in [-0.15, -0.1) is 11.8 Å². The molecule has 0 heterocycles. The van der Waals surface area contributed by atoms with E-state index in [9.17, 15) is 0 Å². The third-order valence-corrected chi connectivity index (χ3v) is 3.67. The number of nitrogens with one attached hydrogen (secondary N) is 1. The van der Waals surface area contributed by atoms with Gasteiger partial charge in [-0.1, -0.05) is 25.1 Å². The molecule has 0 amide bonds. The Balaban J connectivity index is 2.13. The van der Waals surface area contributed by atoms with Gasteiger partial charge in [-0.2, -0.15) is 0 Å². The van der Waals surface area contributed by atoms with Gasteiger partial charge in [0.2, 0.25) is 0 Å². The van der Waals surface area contributed by atoms with Crippen molar-refractivity contribution in [3.05, 3.63) is 30.3 Å². The third-order valence-electron chi connectivity index (χ3n) is 2.57. The minimum absolute atomic E-state index is 0.501. The summed E-state index contributed by atoms with van der Waals surface area (Å²) in [6.07, 6.45) is 2.40. The lowest BCUT2D eigenvalue weighted by molar-refractivity contribution is 0.163. The monoisotopic (exact) mass is 253 g/mol. The summed E-state index contributed by atoms with van der Waals surface area (Å²) in [5.74, 6) is 1.18. The Morgan fingerprint density at radius 3 is 2.71 bits per heavy atom. The van der Waals surface area contributed by atoms with Crippen LogP contribution in [0, 0.1) is 0 Å². The van der Waals surface area contributed by atoms with Crippen molar-refractivity contribution in [1.82, 2.24) is 5.32 Å². The van der Waals surface area contributed by atoms with E-state index in [1.807, 2.05) is 11.8 Å². The number of thioether (sulfide) groups is 1. The molecule has 1 unspecified atom stereocenters. The number of ether oxygens (including phenoxy) is 1. The van der Waals surface area contributed by atoms with Crippen molar-refractivity contribution < 1.29 is 4.74 Å². The minimum atomic E-state index is 0.501. The largest absolute Gasteiger partial charge is 0.383 e. The quantitative estimate of drug-likeness (QED) is 0.539. The number of hydrogen-bond acceptors (Lipinski definition) is 3. The summed E-state index contributed by atoms with van der Waals surface area (Å²) in [6, 6.07) is 11.1. The summed E-state index contributed by atoms with van der Waals surface area (Å²) in [4.78, 5) is 1.36. The van der Waals surface area contributed by atoms with E-state index >= 15 is 0 Å². The second-order valence-corrected chi connectivity index (χ2v) is 5.18. The normalized spacial score (nSPS) is 12.6. The van der Waals surface area contributed by atoms with E-state index in [4.69, 9.17) is 4.74 Å². The van der Waals surface area contributed by atoms with Gasteiger partial charge in [-0.3, -0.25) is 0 Å². The average molecular weight is 253 g/mol. The minimum Gasteiger partial charge on any atom is -0.383 e. The Morgan fingerprint density at radius 2 is 2.06 bits per heavy atom. The summed E-state index contributed by atoms with van der Waals surface area (Å²) in [7, 11) is 1.77. The Bertz CT molecular complexity index is 273. The molecule has 2 nitrogen and oxygen atoms in total. The summed E-state index contributed by atoms with van der Waals surface area (Å²) in [6.45, 7) is 3.96. The van der Waals surface area contributed by atoms with E-state index in [-0.39, 0.29) is 0 Å². The molecule has 0 saturated carbocycles. The first-order valence-corrected chi connectivity index (χ1v) is 7.25. The highest BCUT2D eigenvalue weighted by Gasteiger charge is 2.05. The molecule has 0 aliphatic carbocycles. The molecule has 0 radical (unpaired) electrons. The second-order valence-electron chi connectivity index (χ2n) is 4.01. The van der Waals surface area contributed by atoms with Crippen LogP contribution in [-0.4, -0.2) is 32.1 Å². The molecular formula is C14H23NOS. The maximum atomic E-state index is 5.20. The van der Waals surface area contributed by atoms with E-state index in [0.29, 0.717) is 6.04 Å². The van der Waals surface area contributed by atoms with Gasteiger partial charge in [-0.05, 0) is 37.3 Å². The Kier molecular flexibility index (Phi) is 8.14. The van der Waals surface area contributed by atoms with Crippen LogP contribution in [0.3, 0.4) is 0 Å². The summed E-state index contributed by atoms with van der Waals surface area (Å²) < 4.78 is 5.20. The molecule has 0 aliphatic heterocycles. The van der Waals surface area contributed by atoms with Crippen molar-refractivity contribution in [2.45, 2.75) is 30.7 Å². The number of benzene rings is 1. The van der Waals surface area contributed by atoms with Gasteiger partial charge in [-0.25, -0.2) is 0 Å². The SMILES string of the molecule is CCNC(CCCSc1ccccc1)COC. The van der Waals surface area contributed by atoms with Crippen LogP contribution < -0.4 is 5.32 Å². The third kappa shape index (κ3) is 6.71. The van der Waals surface area contributed by atoms with E-state index in [1.165, 1.54) is 23.5 Å². The molecule has 96 valence electrons. The standard InChI is InChI=1S/C14H23NOS/c1-3-15-13(12-16-2)8-7-11-17-14-9-5-4-6-10-14/h4-6,9-10,13,15H,3,7-8,11-12H2,1-2H3. The van der Waals surface area contributed by atoms with Crippen LogP contribution >= 0.6 is 11.8 Å². The summed E-state index contributed by atoms with van der Waals surface area (Å²) in [5.41, 5.74) is 0. The molecule has 1 aromatic carbocycles. The van der Waals surface area contributed by atoms with Crippen LogP contribution in [0.4, 0.5) is 0 Å². The lowest BCUT2D eigenvalue weighted by Gasteiger charge is -2.16. The van der Waals surface area contributed by atoms with Gasteiger partial charge in [0.15, 0.2) is 0 Å². The van der Waals surface area contributed by atoms with Gasteiger partial charge >= 0.3 is 0 Å². The van der Waals surface area contributed by atoms with Crippen molar-refractivity contribution >= 4 is 11.8 Å². The van der Waals surface area contributed by atoms with Gasteiger partial charge in [0.1, 0.15) is 0 Å². The Labute approximate surface area is 109 Å². The predicted octanol–water partition coefficient (Wildman–Crippen LogP) is 3.18. The molecule has 3 heteroatoms. The second kappa shape index (κ2) is 9.51. The lowest BCUT2D eigenvalue weighted by atomic mass is 10.2. The zero-order valence-electron chi connectivity index (χ0n) is 10.8. The number of rotatable bonds is 9. The fourth-order valence-electron chi connectivity index (χ4n) is 1.77. The first kappa shape index (κ1) is 14.6. The van der Waals surface area contributed by atoms with E-state index < -0.39 is 0 Å². The van der Waals surface area contributed by atoms with Crippen molar-refractivity contribution in [2.75, 3.05) is 26.0 Å². The summed E-state index contributed by atoms with van der Waals surface area (Å²) in [5, 5.41) is 3.45. The highest BCUT2D eigenvalue weighted by molar-refractivity contribution is 7.99. The molecule has 0 bridgehead atoms.